The maximum absolute atomic E-state index is 11.7. The summed E-state index contributed by atoms with van der Waals surface area (Å²) in [6.07, 6.45) is 7.63. The van der Waals surface area contributed by atoms with E-state index in [1.54, 1.807) is 0 Å². The first-order chi connectivity index (χ1) is 8.77. The van der Waals surface area contributed by atoms with Crippen molar-refractivity contribution in [2.24, 2.45) is 0 Å². The number of hydrogen-bond donors (Lipinski definition) is 1. The third-order valence-electron chi connectivity index (χ3n) is 3.76. The van der Waals surface area contributed by atoms with Crippen LogP contribution in [0.2, 0.25) is 0 Å². The molecule has 104 valence electrons. The third kappa shape index (κ3) is 3.93. The van der Waals surface area contributed by atoms with Crippen molar-refractivity contribution in [3.05, 3.63) is 0 Å². The minimum atomic E-state index is -0.180. The number of nitrogens with zero attached hydrogens (tertiary/aromatic N) is 2. The van der Waals surface area contributed by atoms with Crippen LogP contribution in [0.4, 0.5) is 0 Å². The number of hydrogen-bond acceptors (Lipinski definition) is 4. The van der Waals surface area contributed by atoms with Crippen LogP contribution >= 0.6 is 0 Å². The molecule has 0 saturated carbocycles. The van der Waals surface area contributed by atoms with Crippen molar-refractivity contribution in [1.29, 1.82) is 0 Å². The fourth-order valence-corrected chi connectivity index (χ4v) is 2.59. The van der Waals surface area contributed by atoms with Crippen LogP contribution in [-0.4, -0.2) is 41.7 Å². The summed E-state index contributed by atoms with van der Waals surface area (Å²) in [4.78, 5) is 19.2. The Hall–Kier alpha value is -0.650. The highest BCUT2D eigenvalue weighted by Gasteiger charge is 2.24. The van der Waals surface area contributed by atoms with Crippen LogP contribution in [0.1, 0.15) is 51.9 Å². The highest BCUT2D eigenvalue weighted by molar-refractivity contribution is 5.76. The number of carbonyl (C=O) groups excluding carboxylic acids is 1. The zero-order valence-electron chi connectivity index (χ0n) is 11.4. The van der Waals surface area contributed by atoms with Gasteiger partial charge in [0.15, 0.2) is 6.23 Å². The highest BCUT2D eigenvalue weighted by atomic mass is 16.7. The maximum Gasteiger partial charge on any atom is 0.224 e. The van der Waals surface area contributed by atoms with Gasteiger partial charge in [0.1, 0.15) is 0 Å². The van der Waals surface area contributed by atoms with E-state index in [9.17, 15) is 4.79 Å². The summed E-state index contributed by atoms with van der Waals surface area (Å²) in [7, 11) is 0. The predicted molar refractivity (Wildman–Crippen MR) is 69.3 cm³/mol. The Kier molecular flexibility index (Phi) is 5.41. The molecule has 0 aromatic rings. The van der Waals surface area contributed by atoms with Gasteiger partial charge in [0, 0.05) is 26.1 Å². The van der Waals surface area contributed by atoms with E-state index in [1.807, 2.05) is 11.8 Å². The molecule has 2 fully saturated rings. The standard InChI is InChI=1S/C13H25N3O2/c1-12(16-11-7-4-8-13(16)17)18-14-15-9-5-2-3-6-10-15/h12,14H,2-11H2,1H3. The molecule has 5 nitrogen and oxygen atoms in total. The molecule has 18 heavy (non-hydrogen) atoms. The topological polar surface area (TPSA) is 44.8 Å². The molecule has 1 N–H and O–H groups in total. The van der Waals surface area contributed by atoms with Crippen molar-refractivity contribution < 1.29 is 9.63 Å². The molecule has 1 amide bonds. The second-order valence-corrected chi connectivity index (χ2v) is 5.25. The fraction of sp³-hybridized carbons (Fsp3) is 0.923. The zero-order valence-corrected chi connectivity index (χ0v) is 11.4. The molecular formula is C13H25N3O2. The van der Waals surface area contributed by atoms with Gasteiger partial charge in [-0.3, -0.25) is 9.63 Å². The summed E-state index contributed by atoms with van der Waals surface area (Å²) in [5.41, 5.74) is 3.02. The minimum Gasteiger partial charge on any atom is -0.315 e. The van der Waals surface area contributed by atoms with Crippen molar-refractivity contribution >= 4 is 5.91 Å². The lowest BCUT2D eigenvalue weighted by Crippen LogP contribution is -2.48. The summed E-state index contributed by atoms with van der Waals surface area (Å²) in [6, 6.07) is 0. The van der Waals surface area contributed by atoms with Crippen LogP contribution in [0.5, 0.6) is 0 Å². The van der Waals surface area contributed by atoms with Crippen molar-refractivity contribution in [3.63, 3.8) is 0 Å². The van der Waals surface area contributed by atoms with E-state index in [1.165, 1.54) is 25.7 Å². The van der Waals surface area contributed by atoms with E-state index in [2.05, 4.69) is 10.6 Å². The molecule has 0 aromatic heterocycles. The van der Waals surface area contributed by atoms with Crippen molar-refractivity contribution in [2.45, 2.75) is 58.1 Å². The third-order valence-corrected chi connectivity index (χ3v) is 3.76. The Morgan fingerprint density at radius 3 is 2.39 bits per heavy atom. The first kappa shape index (κ1) is 13.8. The fourth-order valence-electron chi connectivity index (χ4n) is 2.59. The van der Waals surface area contributed by atoms with Crippen LogP contribution in [0, 0.1) is 0 Å². The number of likely N-dealkylation sites (tertiary alicyclic amines) is 1. The molecule has 0 spiro atoms. The summed E-state index contributed by atoms with van der Waals surface area (Å²) >= 11 is 0. The molecule has 0 aliphatic carbocycles. The SMILES string of the molecule is CC(ONN1CCCCCC1)N1CCCCC1=O. The van der Waals surface area contributed by atoms with Gasteiger partial charge in [0.05, 0.1) is 0 Å². The highest BCUT2D eigenvalue weighted by Crippen LogP contribution is 2.14. The van der Waals surface area contributed by atoms with Gasteiger partial charge >= 0.3 is 0 Å². The van der Waals surface area contributed by atoms with Gasteiger partial charge < -0.3 is 4.90 Å². The minimum absolute atomic E-state index is 0.180. The molecule has 2 heterocycles. The van der Waals surface area contributed by atoms with E-state index >= 15 is 0 Å². The van der Waals surface area contributed by atoms with E-state index < -0.39 is 0 Å². The van der Waals surface area contributed by atoms with Crippen LogP contribution in [0.3, 0.4) is 0 Å². The first-order valence-electron chi connectivity index (χ1n) is 7.23. The zero-order chi connectivity index (χ0) is 12.8. The summed E-state index contributed by atoms with van der Waals surface area (Å²) < 4.78 is 0. The molecule has 1 unspecified atom stereocenters. The van der Waals surface area contributed by atoms with Crippen molar-refractivity contribution in [3.8, 4) is 0 Å². The number of nitrogens with one attached hydrogen (secondary N) is 1. The number of rotatable bonds is 4. The molecule has 5 heteroatoms. The summed E-state index contributed by atoms with van der Waals surface area (Å²) in [6.45, 7) is 4.82. The maximum atomic E-state index is 11.7. The monoisotopic (exact) mass is 255 g/mol. The molecule has 2 aliphatic rings. The second-order valence-electron chi connectivity index (χ2n) is 5.25. The Balaban J connectivity index is 1.72. The van der Waals surface area contributed by atoms with Gasteiger partial charge in [-0.2, -0.15) is 0 Å². The average molecular weight is 255 g/mol. The molecule has 2 aliphatic heterocycles. The lowest BCUT2D eigenvalue weighted by molar-refractivity contribution is -0.181. The number of amides is 1. The van der Waals surface area contributed by atoms with E-state index in [0.29, 0.717) is 6.42 Å². The normalized spacial score (nSPS) is 24.9. The van der Waals surface area contributed by atoms with E-state index in [-0.39, 0.29) is 12.1 Å². The molecule has 1 atom stereocenters. The van der Waals surface area contributed by atoms with Crippen LogP contribution < -0.4 is 5.59 Å². The lowest BCUT2D eigenvalue weighted by atomic mass is 10.1. The first-order valence-corrected chi connectivity index (χ1v) is 7.23. The summed E-state index contributed by atoms with van der Waals surface area (Å²) in [5, 5.41) is 2.12. The number of piperidine rings is 1. The molecule has 2 saturated heterocycles. The van der Waals surface area contributed by atoms with Gasteiger partial charge in [0.2, 0.25) is 5.91 Å². The van der Waals surface area contributed by atoms with Gasteiger partial charge in [-0.05, 0) is 32.6 Å². The number of hydrazine groups is 1. The largest absolute Gasteiger partial charge is 0.315 e. The van der Waals surface area contributed by atoms with Crippen LogP contribution in [-0.2, 0) is 9.63 Å². The molecule has 2 rings (SSSR count). The molecular weight excluding hydrogens is 230 g/mol. The molecule has 0 radical (unpaired) electrons. The van der Waals surface area contributed by atoms with Gasteiger partial charge in [-0.25, -0.2) is 5.01 Å². The Bertz CT molecular complexity index is 265. The summed E-state index contributed by atoms with van der Waals surface area (Å²) in [5.74, 6) is 0.214. The lowest BCUT2D eigenvalue weighted by Gasteiger charge is -2.33. The Labute approximate surface area is 109 Å². The van der Waals surface area contributed by atoms with Gasteiger partial charge in [-0.15, -0.1) is 5.59 Å². The van der Waals surface area contributed by atoms with Crippen LogP contribution in [0.15, 0.2) is 0 Å². The van der Waals surface area contributed by atoms with Crippen LogP contribution in [0.25, 0.3) is 0 Å². The molecule has 0 aromatic carbocycles. The van der Waals surface area contributed by atoms with Gasteiger partial charge in [0.25, 0.3) is 0 Å². The Morgan fingerprint density at radius 2 is 1.72 bits per heavy atom. The van der Waals surface area contributed by atoms with Crippen molar-refractivity contribution in [1.82, 2.24) is 15.5 Å². The second kappa shape index (κ2) is 7.07. The Morgan fingerprint density at radius 1 is 1.06 bits per heavy atom. The quantitative estimate of drug-likeness (QED) is 0.776. The smallest absolute Gasteiger partial charge is 0.224 e. The van der Waals surface area contributed by atoms with Gasteiger partial charge in [-0.1, -0.05) is 12.8 Å². The number of carbonyl (C=O) groups is 1. The van der Waals surface area contributed by atoms with E-state index in [0.717, 1.165) is 32.5 Å². The average Bonchev–Trinajstić information content (AvgIpc) is 2.65. The predicted octanol–water partition coefficient (Wildman–Crippen LogP) is 1.66. The van der Waals surface area contributed by atoms with E-state index in [4.69, 9.17) is 4.84 Å². The molecule has 0 bridgehead atoms. The van der Waals surface area contributed by atoms with Crippen molar-refractivity contribution in [2.75, 3.05) is 19.6 Å².